The molecule has 28 heavy (non-hydrogen) atoms. The minimum Gasteiger partial charge on any atom is -0.329 e. The van der Waals surface area contributed by atoms with Crippen LogP contribution in [0.5, 0.6) is 0 Å². The first-order chi connectivity index (χ1) is 13.6. The maximum absolute atomic E-state index is 8.24. The second-order valence-corrected chi connectivity index (χ2v) is 7.15. The van der Waals surface area contributed by atoms with E-state index in [0.717, 1.165) is 36.9 Å². The number of aromatic nitrogens is 2. The Morgan fingerprint density at radius 3 is 2.86 bits per heavy atom. The Hall–Kier alpha value is -2.96. The van der Waals surface area contributed by atoms with Gasteiger partial charge in [-0.2, -0.15) is 4.98 Å². The van der Waals surface area contributed by atoms with Crippen LogP contribution in [-0.2, 0) is 0 Å². The van der Waals surface area contributed by atoms with Crippen LogP contribution in [0.15, 0.2) is 48.5 Å². The third-order valence-electron chi connectivity index (χ3n) is 5.02. The summed E-state index contributed by atoms with van der Waals surface area (Å²) in [6.07, 6.45) is 4.33. The first-order valence-electron chi connectivity index (χ1n) is 9.09. The van der Waals surface area contributed by atoms with Gasteiger partial charge in [0, 0.05) is 29.7 Å². The van der Waals surface area contributed by atoms with Crippen molar-refractivity contribution in [1.82, 2.24) is 14.9 Å². The standard InChI is InChI=1S/C21H21ClN6/c1-27(17-4-2-3-15(11-17)14-7-9-25-10-8-14)20-18-6-5-16(22)12-19(18)28(13-23)21(24)26-20/h2-7,11-13,23-25H,8-10H2,1H3. The van der Waals surface area contributed by atoms with E-state index in [2.05, 4.69) is 28.5 Å². The van der Waals surface area contributed by atoms with Crippen molar-refractivity contribution >= 4 is 45.9 Å². The van der Waals surface area contributed by atoms with Crippen molar-refractivity contribution in [2.24, 2.45) is 0 Å². The molecule has 0 radical (unpaired) electrons. The summed E-state index contributed by atoms with van der Waals surface area (Å²) in [6.45, 7) is 1.89. The van der Waals surface area contributed by atoms with E-state index in [1.54, 1.807) is 12.1 Å². The van der Waals surface area contributed by atoms with Gasteiger partial charge in [-0.15, -0.1) is 0 Å². The maximum atomic E-state index is 8.24. The number of rotatable bonds is 4. The Bertz CT molecular complexity index is 1150. The summed E-state index contributed by atoms with van der Waals surface area (Å²) >= 11 is 6.16. The van der Waals surface area contributed by atoms with Gasteiger partial charge in [0.25, 0.3) is 0 Å². The molecule has 1 aliphatic heterocycles. The highest BCUT2D eigenvalue weighted by molar-refractivity contribution is 6.31. The third kappa shape index (κ3) is 3.32. The largest absolute Gasteiger partial charge is 0.329 e. The fraction of sp³-hybridized carbons (Fsp3) is 0.190. The highest BCUT2D eigenvalue weighted by Gasteiger charge is 2.15. The van der Waals surface area contributed by atoms with E-state index in [4.69, 9.17) is 22.4 Å². The number of fused-ring (bicyclic) bond motifs is 1. The van der Waals surface area contributed by atoms with Crippen LogP contribution in [0.3, 0.4) is 0 Å². The van der Waals surface area contributed by atoms with Gasteiger partial charge in [0.05, 0.1) is 11.9 Å². The molecule has 0 saturated heterocycles. The van der Waals surface area contributed by atoms with Crippen molar-refractivity contribution in [3.8, 4) is 0 Å². The minimum atomic E-state index is -0.0103. The Kier molecular flexibility index (Phi) is 4.98. The topological polar surface area (TPSA) is 80.8 Å². The summed E-state index contributed by atoms with van der Waals surface area (Å²) in [4.78, 5) is 6.44. The van der Waals surface area contributed by atoms with Crippen LogP contribution in [0.2, 0.25) is 5.02 Å². The smallest absolute Gasteiger partial charge is 0.229 e. The molecule has 1 aliphatic rings. The van der Waals surface area contributed by atoms with Gasteiger partial charge in [0.15, 0.2) is 0 Å². The quantitative estimate of drug-likeness (QED) is 0.467. The zero-order chi connectivity index (χ0) is 19.7. The van der Waals surface area contributed by atoms with Crippen LogP contribution in [0.1, 0.15) is 12.0 Å². The molecule has 2 heterocycles. The lowest BCUT2D eigenvalue weighted by Crippen LogP contribution is -2.26. The van der Waals surface area contributed by atoms with E-state index >= 15 is 0 Å². The summed E-state index contributed by atoms with van der Waals surface area (Å²) in [5, 5.41) is 20.6. The zero-order valence-corrected chi connectivity index (χ0v) is 16.3. The van der Waals surface area contributed by atoms with Gasteiger partial charge in [-0.1, -0.05) is 29.8 Å². The maximum Gasteiger partial charge on any atom is 0.229 e. The molecule has 4 rings (SSSR count). The molecule has 142 valence electrons. The van der Waals surface area contributed by atoms with E-state index < -0.39 is 0 Å². The lowest BCUT2D eigenvalue weighted by atomic mass is 9.99. The van der Waals surface area contributed by atoms with Gasteiger partial charge in [-0.3, -0.25) is 15.4 Å². The van der Waals surface area contributed by atoms with Crippen LogP contribution < -0.4 is 15.8 Å². The number of halogens is 1. The summed E-state index contributed by atoms with van der Waals surface area (Å²) in [5.74, 6) is 0.659. The van der Waals surface area contributed by atoms with Crippen molar-refractivity contribution in [2.75, 3.05) is 25.0 Å². The fourth-order valence-electron chi connectivity index (χ4n) is 3.53. The van der Waals surface area contributed by atoms with Crippen molar-refractivity contribution in [2.45, 2.75) is 6.42 Å². The third-order valence-corrected chi connectivity index (χ3v) is 5.25. The first kappa shape index (κ1) is 18.4. The molecule has 0 amide bonds. The van der Waals surface area contributed by atoms with Crippen LogP contribution in [0.25, 0.3) is 16.5 Å². The number of anilines is 2. The summed E-state index contributed by atoms with van der Waals surface area (Å²) in [5.41, 5.74) is 4.21. The summed E-state index contributed by atoms with van der Waals surface area (Å²) in [7, 11) is 1.94. The molecule has 3 aromatic rings. The SMILES string of the molecule is CN(c1cccc(C2=CCNCC2)c1)c1nc(=N)n(C=N)c2cc(Cl)ccc12. The molecule has 0 saturated carbocycles. The minimum absolute atomic E-state index is 0.0103. The van der Waals surface area contributed by atoms with Gasteiger partial charge >= 0.3 is 0 Å². The van der Waals surface area contributed by atoms with Gasteiger partial charge in [-0.05, 0) is 54.4 Å². The van der Waals surface area contributed by atoms with Crippen molar-refractivity contribution in [1.29, 1.82) is 10.8 Å². The highest BCUT2D eigenvalue weighted by atomic mass is 35.5. The predicted octanol–water partition coefficient (Wildman–Crippen LogP) is 3.77. The molecule has 0 aliphatic carbocycles. The second-order valence-electron chi connectivity index (χ2n) is 6.71. The number of hydrogen-bond acceptors (Lipinski definition) is 5. The molecule has 0 atom stereocenters. The van der Waals surface area contributed by atoms with Crippen LogP contribution in [0.4, 0.5) is 11.5 Å². The Morgan fingerprint density at radius 1 is 1.25 bits per heavy atom. The van der Waals surface area contributed by atoms with E-state index in [1.807, 2.05) is 30.1 Å². The number of hydrogen-bond donors (Lipinski definition) is 3. The normalized spacial score (nSPS) is 14.0. The lowest BCUT2D eigenvalue weighted by Gasteiger charge is -2.22. The molecule has 0 spiro atoms. The molecule has 0 unspecified atom stereocenters. The monoisotopic (exact) mass is 392 g/mol. The fourth-order valence-corrected chi connectivity index (χ4v) is 3.70. The highest BCUT2D eigenvalue weighted by Crippen LogP contribution is 2.31. The van der Waals surface area contributed by atoms with E-state index in [9.17, 15) is 0 Å². The lowest BCUT2D eigenvalue weighted by molar-refractivity contribution is 0.738. The van der Waals surface area contributed by atoms with Crippen molar-refractivity contribution in [3.05, 3.63) is 64.7 Å². The zero-order valence-electron chi connectivity index (χ0n) is 15.5. The Labute approximate surface area is 168 Å². The van der Waals surface area contributed by atoms with Gasteiger partial charge < -0.3 is 10.2 Å². The average molecular weight is 393 g/mol. The van der Waals surface area contributed by atoms with Crippen molar-refractivity contribution < 1.29 is 0 Å². The summed E-state index contributed by atoms with van der Waals surface area (Å²) < 4.78 is 1.41. The second kappa shape index (κ2) is 7.58. The van der Waals surface area contributed by atoms with Crippen LogP contribution in [0, 0.1) is 10.8 Å². The van der Waals surface area contributed by atoms with Gasteiger partial charge in [0.1, 0.15) is 5.82 Å². The van der Waals surface area contributed by atoms with Crippen LogP contribution in [-0.4, -0.2) is 36.0 Å². The first-order valence-corrected chi connectivity index (χ1v) is 9.47. The molecule has 0 fully saturated rings. The number of nitrogens with zero attached hydrogens (tertiary/aromatic N) is 3. The number of benzene rings is 2. The molecular weight excluding hydrogens is 372 g/mol. The average Bonchev–Trinajstić information content (AvgIpc) is 2.73. The molecule has 6 nitrogen and oxygen atoms in total. The molecule has 2 aromatic carbocycles. The van der Waals surface area contributed by atoms with Gasteiger partial charge in [-0.25, -0.2) is 0 Å². The van der Waals surface area contributed by atoms with Crippen molar-refractivity contribution in [3.63, 3.8) is 0 Å². The Balaban J connectivity index is 1.84. The molecular formula is C21H21ClN6. The molecule has 1 aromatic heterocycles. The number of nitrogens with one attached hydrogen (secondary N) is 3. The van der Waals surface area contributed by atoms with E-state index in [1.165, 1.54) is 15.7 Å². The van der Waals surface area contributed by atoms with E-state index in [-0.39, 0.29) is 5.62 Å². The van der Waals surface area contributed by atoms with Gasteiger partial charge in [0.2, 0.25) is 5.62 Å². The van der Waals surface area contributed by atoms with Crippen LogP contribution >= 0.6 is 11.6 Å². The Morgan fingerprint density at radius 2 is 2.11 bits per heavy atom. The molecule has 7 heteroatoms. The summed E-state index contributed by atoms with van der Waals surface area (Å²) in [6, 6.07) is 13.8. The molecule has 0 bridgehead atoms. The van der Waals surface area contributed by atoms with E-state index in [0.29, 0.717) is 16.4 Å². The predicted molar refractivity (Wildman–Crippen MR) is 115 cm³/mol. The molecule has 3 N–H and O–H groups in total.